The van der Waals surface area contributed by atoms with E-state index in [1.54, 1.807) is 4.90 Å². The molecule has 0 aromatic heterocycles. The lowest BCUT2D eigenvalue weighted by molar-refractivity contribution is -0.140. The highest BCUT2D eigenvalue weighted by atomic mass is 16.5. The zero-order chi connectivity index (χ0) is 12.0. The molecule has 0 aromatic carbocycles. The van der Waals surface area contributed by atoms with E-state index in [-0.39, 0.29) is 18.7 Å². The van der Waals surface area contributed by atoms with Crippen LogP contribution in [-0.2, 0) is 14.3 Å². The second-order valence-corrected chi connectivity index (χ2v) is 4.05. The van der Waals surface area contributed by atoms with Crippen LogP contribution >= 0.6 is 0 Å². The van der Waals surface area contributed by atoms with Crippen LogP contribution < -0.4 is 0 Å². The number of carbonyl (C=O) groups is 2. The van der Waals surface area contributed by atoms with Crippen LogP contribution in [-0.4, -0.2) is 48.2 Å². The molecule has 1 N–H and O–H groups in total. The summed E-state index contributed by atoms with van der Waals surface area (Å²) in [7, 11) is 0. The molecule has 0 saturated carbocycles. The summed E-state index contributed by atoms with van der Waals surface area (Å²) in [4.78, 5) is 23.7. The topological polar surface area (TPSA) is 66.8 Å². The van der Waals surface area contributed by atoms with E-state index in [0.29, 0.717) is 25.7 Å². The number of amides is 1. The van der Waals surface area contributed by atoms with Crippen LogP contribution in [0.1, 0.15) is 26.2 Å². The summed E-state index contributed by atoms with van der Waals surface area (Å²) in [6, 6.07) is 0. The number of nitrogens with zero attached hydrogens (tertiary/aromatic N) is 1. The summed E-state index contributed by atoms with van der Waals surface area (Å²) < 4.78 is 5.31. The van der Waals surface area contributed by atoms with Gasteiger partial charge in [0.05, 0.1) is 13.0 Å². The zero-order valence-electron chi connectivity index (χ0n) is 9.65. The van der Waals surface area contributed by atoms with Gasteiger partial charge in [-0.3, -0.25) is 9.59 Å². The number of carbonyl (C=O) groups excluding carboxylic acids is 1. The molecule has 0 aromatic rings. The van der Waals surface area contributed by atoms with Crippen molar-refractivity contribution in [2.45, 2.75) is 26.2 Å². The fourth-order valence-electron chi connectivity index (χ4n) is 1.85. The standard InChI is InChI=1S/C11H19NO4/c1-2-16-8-9-5-6-12(7-9)10(13)3-4-11(14)15/h9H,2-8H2,1H3,(H,14,15). The van der Waals surface area contributed by atoms with Gasteiger partial charge < -0.3 is 14.7 Å². The average molecular weight is 229 g/mol. The number of rotatable bonds is 6. The molecule has 5 nitrogen and oxygen atoms in total. The van der Waals surface area contributed by atoms with Crippen molar-refractivity contribution in [2.24, 2.45) is 5.92 Å². The zero-order valence-corrected chi connectivity index (χ0v) is 9.65. The first kappa shape index (κ1) is 13.0. The van der Waals surface area contributed by atoms with Crippen molar-refractivity contribution < 1.29 is 19.4 Å². The van der Waals surface area contributed by atoms with Gasteiger partial charge in [0.2, 0.25) is 5.91 Å². The summed E-state index contributed by atoms with van der Waals surface area (Å²) in [5.41, 5.74) is 0. The number of carboxylic acids is 1. The molecule has 0 spiro atoms. The van der Waals surface area contributed by atoms with E-state index >= 15 is 0 Å². The number of carboxylic acid groups (broad SMARTS) is 1. The van der Waals surface area contributed by atoms with Gasteiger partial charge in [-0.05, 0) is 13.3 Å². The Bertz CT molecular complexity index is 254. The Morgan fingerprint density at radius 1 is 1.44 bits per heavy atom. The van der Waals surface area contributed by atoms with Crippen LogP contribution in [0.25, 0.3) is 0 Å². The Morgan fingerprint density at radius 3 is 2.81 bits per heavy atom. The van der Waals surface area contributed by atoms with Gasteiger partial charge in [-0.15, -0.1) is 0 Å². The maximum absolute atomic E-state index is 11.6. The molecular weight excluding hydrogens is 210 g/mol. The normalized spacial score (nSPS) is 20.1. The van der Waals surface area contributed by atoms with Crippen molar-refractivity contribution >= 4 is 11.9 Å². The second kappa shape index (κ2) is 6.48. The SMILES string of the molecule is CCOCC1CCN(C(=O)CCC(=O)O)C1. The Kier molecular flexibility index (Phi) is 5.25. The highest BCUT2D eigenvalue weighted by Crippen LogP contribution is 2.17. The molecular formula is C11H19NO4. The van der Waals surface area contributed by atoms with Crippen molar-refractivity contribution in [2.75, 3.05) is 26.3 Å². The van der Waals surface area contributed by atoms with Crippen LogP contribution in [0.15, 0.2) is 0 Å². The smallest absolute Gasteiger partial charge is 0.303 e. The number of ether oxygens (including phenoxy) is 1. The molecule has 5 heteroatoms. The quantitative estimate of drug-likeness (QED) is 0.729. The van der Waals surface area contributed by atoms with E-state index in [2.05, 4.69) is 0 Å². The minimum absolute atomic E-state index is 0.0543. The van der Waals surface area contributed by atoms with E-state index in [0.717, 1.165) is 13.0 Å². The maximum atomic E-state index is 11.6. The molecule has 1 aliphatic rings. The monoisotopic (exact) mass is 229 g/mol. The lowest BCUT2D eigenvalue weighted by Gasteiger charge is -2.15. The average Bonchev–Trinajstić information content (AvgIpc) is 2.71. The molecule has 92 valence electrons. The highest BCUT2D eigenvalue weighted by Gasteiger charge is 2.26. The van der Waals surface area contributed by atoms with Gasteiger partial charge >= 0.3 is 5.97 Å². The first-order valence-corrected chi connectivity index (χ1v) is 5.70. The van der Waals surface area contributed by atoms with Crippen LogP contribution in [0.4, 0.5) is 0 Å². The van der Waals surface area contributed by atoms with E-state index in [9.17, 15) is 9.59 Å². The Balaban J connectivity index is 2.24. The summed E-state index contributed by atoms with van der Waals surface area (Å²) >= 11 is 0. The number of aliphatic carboxylic acids is 1. The first-order valence-electron chi connectivity index (χ1n) is 5.70. The van der Waals surface area contributed by atoms with E-state index < -0.39 is 5.97 Å². The third kappa shape index (κ3) is 4.18. The Hall–Kier alpha value is -1.10. The molecule has 1 aliphatic heterocycles. The van der Waals surface area contributed by atoms with E-state index in [1.807, 2.05) is 6.92 Å². The Labute approximate surface area is 95.4 Å². The number of likely N-dealkylation sites (tertiary alicyclic amines) is 1. The van der Waals surface area contributed by atoms with Gasteiger partial charge in [0.15, 0.2) is 0 Å². The second-order valence-electron chi connectivity index (χ2n) is 4.05. The fraction of sp³-hybridized carbons (Fsp3) is 0.818. The molecule has 1 atom stereocenters. The fourth-order valence-corrected chi connectivity index (χ4v) is 1.85. The summed E-state index contributed by atoms with van der Waals surface area (Å²) in [5, 5.41) is 8.48. The predicted octanol–water partition coefficient (Wildman–Crippen LogP) is 0.736. The summed E-state index contributed by atoms with van der Waals surface area (Å²) in [6.07, 6.45) is 0.987. The molecule has 0 aliphatic carbocycles. The molecule has 1 amide bonds. The molecule has 1 rings (SSSR count). The Morgan fingerprint density at radius 2 is 2.19 bits per heavy atom. The lowest BCUT2D eigenvalue weighted by Crippen LogP contribution is -2.29. The molecule has 1 unspecified atom stereocenters. The maximum Gasteiger partial charge on any atom is 0.303 e. The van der Waals surface area contributed by atoms with Crippen molar-refractivity contribution in [3.8, 4) is 0 Å². The van der Waals surface area contributed by atoms with Crippen molar-refractivity contribution in [1.82, 2.24) is 4.90 Å². The van der Waals surface area contributed by atoms with Gasteiger partial charge in [-0.1, -0.05) is 0 Å². The van der Waals surface area contributed by atoms with E-state index in [1.165, 1.54) is 0 Å². The first-order chi connectivity index (χ1) is 7.63. The van der Waals surface area contributed by atoms with Crippen molar-refractivity contribution in [3.63, 3.8) is 0 Å². The molecule has 1 saturated heterocycles. The van der Waals surface area contributed by atoms with Gasteiger partial charge in [0, 0.05) is 32.0 Å². The molecule has 0 bridgehead atoms. The summed E-state index contributed by atoms with van der Waals surface area (Å²) in [5.74, 6) is -0.562. The molecule has 1 fully saturated rings. The van der Waals surface area contributed by atoms with Crippen LogP contribution in [0, 0.1) is 5.92 Å². The minimum Gasteiger partial charge on any atom is -0.481 e. The summed E-state index contributed by atoms with van der Waals surface area (Å²) in [6.45, 7) is 4.78. The number of hydrogen-bond acceptors (Lipinski definition) is 3. The van der Waals surface area contributed by atoms with Crippen molar-refractivity contribution in [1.29, 1.82) is 0 Å². The van der Waals surface area contributed by atoms with Gasteiger partial charge in [0.1, 0.15) is 0 Å². The van der Waals surface area contributed by atoms with E-state index in [4.69, 9.17) is 9.84 Å². The van der Waals surface area contributed by atoms with Crippen molar-refractivity contribution in [3.05, 3.63) is 0 Å². The number of hydrogen-bond donors (Lipinski definition) is 1. The predicted molar refractivity (Wildman–Crippen MR) is 58.0 cm³/mol. The van der Waals surface area contributed by atoms with Crippen LogP contribution in [0.5, 0.6) is 0 Å². The van der Waals surface area contributed by atoms with Gasteiger partial charge in [0.25, 0.3) is 0 Å². The highest BCUT2D eigenvalue weighted by molar-refractivity contribution is 5.80. The largest absolute Gasteiger partial charge is 0.481 e. The minimum atomic E-state index is -0.918. The molecule has 1 heterocycles. The van der Waals surface area contributed by atoms with Crippen LogP contribution in [0.2, 0.25) is 0 Å². The van der Waals surface area contributed by atoms with Gasteiger partial charge in [-0.25, -0.2) is 0 Å². The third-order valence-corrected chi connectivity index (χ3v) is 2.75. The lowest BCUT2D eigenvalue weighted by atomic mass is 10.1. The molecule has 0 radical (unpaired) electrons. The molecule has 16 heavy (non-hydrogen) atoms. The van der Waals surface area contributed by atoms with Gasteiger partial charge in [-0.2, -0.15) is 0 Å². The van der Waals surface area contributed by atoms with Crippen LogP contribution in [0.3, 0.4) is 0 Å². The third-order valence-electron chi connectivity index (χ3n) is 2.75.